The molecule has 2 rings (SSSR count). The Hall–Kier alpha value is -0.380. The lowest BCUT2D eigenvalue weighted by molar-refractivity contribution is 0.247. The Balaban J connectivity index is 1.95. The molecule has 3 heteroatoms. The van der Waals surface area contributed by atoms with Crippen molar-refractivity contribution >= 4 is 15.9 Å². The summed E-state index contributed by atoms with van der Waals surface area (Å²) in [6, 6.07) is 8.80. The molecule has 2 N–H and O–H groups in total. The molecule has 1 aromatic carbocycles. The van der Waals surface area contributed by atoms with Crippen LogP contribution in [0.3, 0.4) is 0 Å². The van der Waals surface area contributed by atoms with Gasteiger partial charge in [-0.15, -0.1) is 0 Å². The fourth-order valence-electron chi connectivity index (χ4n) is 2.00. The zero-order valence-electron chi connectivity index (χ0n) is 9.32. The first-order chi connectivity index (χ1) is 7.81. The van der Waals surface area contributed by atoms with Crippen LogP contribution in [0.25, 0.3) is 0 Å². The van der Waals surface area contributed by atoms with Crippen LogP contribution < -0.4 is 5.32 Å². The summed E-state index contributed by atoms with van der Waals surface area (Å²) in [6.07, 6.45) is 3.92. The summed E-state index contributed by atoms with van der Waals surface area (Å²) in [7, 11) is 0. The zero-order valence-corrected chi connectivity index (χ0v) is 10.9. The molecule has 1 aromatic rings. The van der Waals surface area contributed by atoms with E-state index in [1.54, 1.807) is 0 Å². The van der Waals surface area contributed by atoms with Gasteiger partial charge in [-0.05, 0) is 24.5 Å². The highest BCUT2D eigenvalue weighted by atomic mass is 79.9. The highest BCUT2D eigenvalue weighted by Crippen LogP contribution is 2.25. The van der Waals surface area contributed by atoms with E-state index in [2.05, 4.69) is 27.3 Å². The van der Waals surface area contributed by atoms with Gasteiger partial charge in [0, 0.05) is 23.0 Å². The number of benzene rings is 1. The second kappa shape index (κ2) is 5.80. The predicted molar refractivity (Wildman–Crippen MR) is 69.6 cm³/mol. The first-order valence-electron chi connectivity index (χ1n) is 5.90. The summed E-state index contributed by atoms with van der Waals surface area (Å²) in [4.78, 5) is 0. The lowest BCUT2D eigenvalue weighted by Crippen LogP contribution is -2.38. The number of rotatable bonds is 5. The Morgan fingerprint density at radius 2 is 2.12 bits per heavy atom. The largest absolute Gasteiger partial charge is 0.396 e. The summed E-state index contributed by atoms with van der Waals surface area (Å²) >= 11 is 3.54. The SMILES string of the molecule is OCC(CNC1CCC1)c1ccccc1Br. The maximum absolute atomic E-state index is 9.45. The topological polar surface area (TPSA) is 32.3 Å². The third-order valence-electron chi connectivity index (χ3n) is 3.32. The molecule has 0 aromatic heterocycles. The number of hydrogen-bond acceptors (Lipinski definition) is 2. The van der Waals surface area contributed by atoms with Crippen molar-refractivity contribution in [2.24, 2.45) is 0 Å². The Morgan fingerprint density at radius 1 is 1.38 bits per heavy atom. The van der Waals surface area contributed by atoms with Gasteiger partial charge in [0.2, 0.25) is 0 Å². The van der Waals surface area contributed by atoms with Crippen molar-refractivity contribution in [3.8, 4) is 0 Å². The summed E-state index contributed by atoms with van der Waals surface area (Å²) in [5.74, 6) is 0.191. The van der Waals surface area contributed by atoms with E-state index in [1.165, 1.54) is 24.8 Å². The minimum absolute atomic E-state index is 0.191. The van der Waals surface area contributed by atoms with E-state index in [1.807, 2.05) is 18.2 Å². The fraction of sp³-hybridized carbons (Fsp3) is 0.538. The van der Waals surface area contributed by atoms with Crippen molar-refractivity contribution in [2.75, 3.05) is 13.2 Å². The van der Waals surface area contributed by atoms with Crippen LogP contribution in [-0.2, 0) is 0 Å². The quantitative estimate of drug-likeness (QED) is 0.871. The molecule has 0 radical (unpaired) electrons. The van der Waals surface area contributed by atoms with Gasteiger partial charge in [0.05, 0.1) is 6.61 Å². The van der Waals surface area contributed by atoms with Gasteiger partial charge in [0.25, 0.3) is 0 Å². The van der Waals surface area contributed by atoms with E-state index >= 15 is 0 Å². The molecule has 1 atom stereocenters. The second-order valence-corrected chi connectivity index (χ2v) is 5.29. The monoisotopic (exact) mass is 283 g/mol. The fourth-order valence-corrected chi connectivity index (χ4v) is 2.61. The maximum Gasteiger partial charge on any atom is 0.0512 e. The smallest absolute Gasteiger partial charge is 0.0512 e. The molecule has 1 unspecified atom stereocenters. The van der Waals surface area contributed by atoms with Crippen LogP contribution in [0.4, 0.5) is 0 Å². The number of aliphatic hydroxyl groups is 1. The zero-order chi connectivity index (χ0) is 11.4. The van der Waals surface area contributed by atoms with Gasteiger partial charge in [-0.1, -0.05) is 40.5 Å². The van der Waals surface area contributed by atoms with Crippen LogP contribution in [0.5, 0.6) is 0 Å². The molecule has 0 saturated heterocycles. The molecule has 0 bridgehead atoms. The van der Waals surface area contributed by atoms with Gasteiger partial charge < -0.3 is 10.4 Å². The van der Waals surface area contributed by atoms with Crippen molar-refractivity contribution < 1.29 is 5.11 Å². The van der Waals surface area contributed by atoms with Crippen LogP contribution in [0.2, 0.25) is 0 Å². The van der Waals surface area contributed by atoms with E-state index in [0.717, 1.165) is 11.0 Å². The molecule has 0 aliphatic heterocycles. The molecular weight excluding hydrogens is 266 g/mol. The molecule has 1 fully saturated rings. The standard InChI is InChI=1S/C13H18BrNO/c14-13-7-2-1-6-12(13)10(9-16)8-15-11-4-3-5-11/h1-2,6-7,10-11,15-16H,3-5,8-9H2. The number of nitrogens with one attached hydrogen (secondary N) is 1. The minimum atomic E-state index is 0.191. The van der Waals surface area contributed by atoms with Crippen molar-refractivity contribution in [1.82, 2.24) is 5.32 Å². The van der Waals surface area contributed by atoms with E-state index < -0.39 is 0 Å². The van der Waals surface area contributed by atoms with Gasteiger partial charge in [-0.3, -0.25) is 0 Å². The highest BCUT2D eigenvalue weighted by Gasteiger charge is 2.19. The lowest BCUT2D eigenvalue weighted by atomic mass is 9.92. The van der Waals surface area contributed by atoms with E-state index in [-0.39, 0.29) is 12.5 Å². The molecule has 1 aliphatic carbocycles. The maximum atomic E-state index is 9.45. The van der Waals surface area contributed by atoms with Crippen molar-refractivity contribution in [2.45, 2.75) is 31.2 Å². The van der Waals surface area contributed by atoms with E-state index in [4.69, 9.17) is 0 Å². The third-order valence-corrected chi connectivity index (χ3v) is 4.05. The first-order valence-corrected chi connectivity index (χ1v) is 6.69. The minimum Gasteiger partial charge on any atom is -0.396 e. The number of hydrogen-bond donors (Lipinski definition) is 2. The lowest BCUT2D eigenvalue weighted by Gasteiger charge is -2.28. The Bertz CT molecular complexity index is 338. The Kier molecular flexibility index (Phi) is 4.38. The van der Waals surface area contributed by atoms with Gasteiger partial charge in [0.15, 0.2) is 0 Å². The van der Waals surface area contributed by atoms with Crippen LogP contribution in [0, 0.1) is 0 Å². The molecule has 0 heterocycles. The van der Waals surface area contributed by atoms with Crippen molar-refractivity contribution in [3.63, 3.8) is 0 Å². The van der Waals surface area contributed by atoms with Crippen LogP contribution >= 0.6 is 15.9 Å². The number of halogens is 1. The molecule has 1 aliphatic rings. The summed E-state index contributed by atoms with van der Waals surface area (Å²) in [5, 5.41) is 13.0. The predicted octanol–water partition coefficient (Wildman–Crippen LogP) is 2.67. The Morgan fingerprint density at radius 3 is 2.69 bits per heavy atom. The van der Waals surface area contributed by atoms with E-state index in [9.17, 15) is 5.11 Å². The molecule has 1 saturated carbocycles. The highest BCUT2D eigenvalue weighted by molar-refractivity contribution is 9.10. The molecule has 88 valence electrons. The van der Waals surface area contributed by atoms with Gasteiger partial charge in [0.1, 0.15) is 0 Å². The van der Waals surface area contributed by atoms with Crippen LogP contribution in [0.15, 0.2) is 28.7 Å². The van der Waals surface area contributed by atoms with Crippen molar-refractivity contribution in [1.29, 1.82) is 0 Å². The number of aliphatic hydroxyl groups excluding tert-OH is 1. The van der Waals surface area contributed by atoms with Gasteiger partial charge in [-0.25, -0.2) is 0 Å². The first kappa shape index (κ1) is 12.1. The van der Waals surface area contributed by atoms with Crippen LogP contribution in [-0.4, -0.2) is 24.3 Å². The molecule has 2 nitrogen and oxygen atoms in total. The average Bonchev–Trinajstić information content (AvgIpc) is 2.23. The van der Waals surface area contributed by atoms with Crippen molar-refractivity contribution in [3.05, 3.63) is 34.3 Å². The van der Waals surface area contributed by atoms with Gasteiger partial charge >= 0.3 is 0 Å². The van der Waals surface area contributed by atoms with Gasteiger partial charge in [-0.2, -0.15) is 0 Å². The summed E-state index contributed by atoms with van der Waals surface area (Å²) in [6.45, 7) is 1.06. The normalized spacial score (nSPS) is 18.1. The molecule has 0 spiro atoms. The van der Waals surface area contributed by atoms with E-state index in [0.29, 0.717) is 6.04 Å². The third kappa shape index (κ3) is 2.84. The summed E-state index contributed by atoms with van der Waals surface area (Å²) in [5.41, 5.74) is 1.19. The average molecular weight is 284 g/mol. The molecule has 16 heavy (non-hydrogen) atoms. The van der Waals surface area contributed by atoms with Crippen LogP contribution in [0.1, 0.15) is 30.7 Å². The second-order valence-electron chi connectivity index (χ2n) is 4.44. The summed E-state index contributed by atoms with van der Waals surface area (Å²) < 4.78 is 1.09. The molecular formula is C13H18BrNO. The Labute approximate surface area is 105 Å². The molecule has 0 amide bonds.